The first-order valence-electron chi connectivity index (χ1n) is 8.05. The highest BCUT2D eigenvalue weighted by atomic mass is 35.5. The Bertz CT molecular complexity index is 888. The molecule has 0 bridgehead atoms. The van der Waals surface area contributed by atoms with E-state index in [1.807, 2.05) is 0 Å². The van der Waals surface area contributed by atoms with Crippen molar-refractivity contribution in [1.82, 2.24) is 4.31 Å². The highest BCUT2D eigenvalue weighted by Crippen LogP contribution is 2.29. The van der Waals surface area contributed by atoms with Gasteiger partial charge >= 0.3 is 5.97 Å². The summed E-state index contributed by atoms with van der Waals surface area (Å²) in [4.78, 5) is 11.5. The molecule has 1 aromatic carbocycles. The summed E-state index contributed by atoms with van der Waals surface area (Å²) in [5, 5.41) is 9.53. The Morgan fingerprint density at radius 3 is 2.58 bits per heavy atom. The van der Waals surface area contributed by atoms with Gasteiger partial charge in [0, 0.05) is 19.5 Å². The van der Waals surface area contributed by atoms with Gasteiger partial charge in [-0.3, -0.25) is 0 Å². The van der Waals surface area contributed by atoms with Gasteiger partial charge in [0.15, 0.2) is 0 Å². The van der Waals surface area contributed by atoms with Crippen LogP contribution in [-0.2, 0) is 27.6 Å². The standard InChI is InChI=1S/C17H18ClNO6S/c18-15-10-12(3-4-13-2-1-7-25-13)14(17(20)21)11-16(15)26(22,23)19-5-8-24-9-6-19/h1-2,7,10-11H,3-6,8-9H2,(H,20,21). The molecule has 0 aliphatic carbocycles. The smallest absolute Gasteiger partial charge is 0.336 e. The Balaban J connectivity index is 1.94. The Morgan fingerprint density at radius 1 is 1.23 bits per heavy atom. The topological polar surface area (TPSA) is 97.0 Å². The van der Waals surface area contributed by atoms with Gasteiger partial charge in [-0.2, -0.15) is 4.31 Å². The SMILES string of the molecule is O=C(O)c1cc(S(=O)(=O)N2CCOCC2)c(Cl)cc1CCc1ccco1. The average Bonchev–Trinajstić information content (AvgIpc) is 3.13. The lowest BCUT2D eigenvalue weighted by molar-refractivity contribution is 0.0694. The Kier molecular flexibility index (Phi) is 5.67. The quantitative estimate of drug-likeness (QED) is 0.801. The van der Waals surface area contributed by atoms with Crippen LogP contribution in [0.15, 0.2) is 39.8 Å². The highest BCUT2D eigenvalue weighted by molar-refractivity contribution is 7.89. The molecule has 2 heterocycles. The molecule has 1 aromatic heterocycles. The lowest BCUT2D eigenvalue weighted by Gasteiger charge is -2.26. The van der Waals surface area contributed by atoms with Crippen LogP contribution in [0.25, 0.3) is 0 Å². The van der Waals surface area contributed by atoms with Crippen molar-refractivity contribution in [3.63, 3.8) is 0 Å². The van der Waals surface area contributed by atoms with E-state index >= 15 is 0 Å². The average molecular weight is 400 g/mol. The number of rotatable bonds is 6. The number of morpholine rings is 1. The predicted octanol–water partition coefficient (Wildman–Crippen LogP) is 2.44. The molecule has 26 heavy (non-hydrogen) atoms. The molecule has 0 amide bonds. The molecule has 7 nitrogen and oxygen atoms in total. The van der Waals surface area contributed by atoms with Crippen molar-refractivity contribution in [3.05, 3.63) is 52.4 Å². The van der Waals surface area contributed by atoms with Gasteiger partial charge < -0.3 is 14.3 Å². The van der Waals surface area contributed by atoms with Gasteiger partial charge in [0.25, 0.3) is 0 Å². The summed E-state index contributed by atoms with van der Waals surface area (Å²) in [6, 6.07) is 6.10. The van der Waals surface area contributed by atoms with Crippen molar-refractivity contribution in [3.8, 4) is 0 Å². The van der Waals surface area contributed by atoms with Crippen LogP contribution in [0.4, 0.5) is 0 Å². The largest absolute Gasteiger partial charge is 0.478 e. The van der Waals surface area contributed by atoms with Gasteiger partial charge in [0.2, 0.25) is 10.0 Å². The van der Waals surface area contributed by atoms with Crippen LogP contribution in [0, 0.1) is 0 Å². The summed E-state index contributed by atoms with van der Waals surface area (Å²) in [7, 11) is -3.88. The zero-order chi connectivity index (χ0) is 18.7. The molecule has 9 heteroatoms. The number of sulfonamides is 1. The van der Waals surface area contributed by atoms with Gasteiger partial charge in [0.1, 0.15) is 10.7 Å². The number of ether oxygens (including phenoxy) is 1. The minimum Gasteiger partial charge on any atom is -0.478 e. The Morgan fingerprint density at radius 2 is 1.96 bits per heavy atom. The summed E-state index contributed by atoms with van der Waals surface area (Å²) >= 11 is 6.22. The van der Waals surface area contributed by atoms with Gasteiger partial charge in [-0.25, -0.2) is 13.2 Å². The first kappa shape index (κ1) is 18.9. The number of halogens is 1. The summed E-state index contributed by atoms with van der Waals surface area (Å²) in [6.07, 6.45) is 2.39. The molecule has 3 rings (SSSR count). The van der Waals surface area contributed by atoms with Crippen LogP contribution < -0.4 is 0 Å². The summed E-state index contributed by atoms with van der Waals surface area (Å²) < 4.78 is 37.3. The van der Waals surface area contributed by atoms with Crippen LogP contribution in [0.3, 0.4) is 0 Å². The molecular weight excluding hydrogens is 382 g/mol. The number of hydrogen-bond acceptors (Lipinski definition) is 5. The molecule has 0 atom stereocenters. The van der Waals surface area contributed by atoms with E-state index in [0.29, 0.717) is 37.4 Å². The molecule has 1 aliphatic rings. The van der Waals surface area contributed by atoms with Gasteiger partial charge in [-0.1, -0.05) is 11.6 Å². The van der Waals surface area contributed by atoms with Crippen LogP contribution in [0.1, 0.15) is 21.7 Å². The Labute approximate surface area is 156 Å². The molecule has 0 unspecified atom stereocenters. The fourth-order valence-electron chi connectivity index (χ4n) is 2.84. The molecular formula is C17H18ClNO6S. The summed E-state index contributed by atoms with van der Waals surface area (Å²) in [5.41, 5.74) is 0.382. The van der Waals surface area contributed by atoms with E-state index in [-0.39, 0.29) is 28.6 Å². The maximum atomic E-state index is 12.8. The van der Waals surface area contributed by atoms with E-state index in [9.17, 15) is 18.3 Å². The minimum absolute atomic E-state index is 0.0101. The molecule has 0 saturated carbocycles. The number of furan rings is 1. The number of aromatic carboxylic acids is 1. The maximum absolute atomic E-state index is 12.8. The van der Waals surface area contributed by atoms with E-state index in [2.05, 4.69) is 0 Å². The first-order chi connectivity index (χ1) is 12.4. The number of carbonyl (C=O) groups is 1. The number of carboxylic acid groups (broad SMARTS) is 1. The molecule has 2 aromatic rings. The third-order valence-electron chi connectivity index (χ3n) is 4.20. The maximum Gasteiger partial charge on any atom is 0.336 e. The van der Waals surface area contributed by atoms with Crippen LogP contribution in [0.5, 0.6) is 0 Å². The fraction of sp³-hybridized carbons (Fsp3) is 0.353. The van der Waals surface area contributed by atoms with E-state index in [0.717, 1.165) is 6.07 Å². The van der Waals surface area contributed by atoms with Crippen molar-refractivity contribution in [2.45, 2.75) is 17.7 Å². The number of hydrogen-bond donors (Lipinski definition) is 1. The lowest BCUT2D eigenvalue weighted by atomic mass is 10.0. The van der Waals surface area contributed by atoms with Crippen molar-refractivity contribution < 1.29 is 27.5 Å². The third kappa shape index (κ3) is 3.93. The lowest BCUT2D eigenvalue weighted by Crippen LogP contribution is -2.40. The zero-order valence-electron chi connectivity index (χ0n) is 13.9. The number of aryl methyl sites for hydroxylation is 2. The first-order valence-corrected chi connectivity index (χ1v) is 9.87. The van der Waals surface area contributed by atoms with Crippen molar-refractivity contribution in [2.75, 3.05) is 26.3 Å². The summed E-state index contributed by atoms with van der Waals surface area (Å²) in [6.45, 7) is 1.01. The van der Waals surface area contributed by atoms with Gasteiger partial charge in [0.05, 0.1) is 30.1 Å². The molecule has 140 valence electrons. The number of benzene rings is 1. The van der Waals surface area contributed by atoms with E-state index in [4.69, 9.17) is 20.8 Å². The highest BCUT2D eigenvalue weighted by Gasteiger charge is 2.30. The van der Waals surface area contributed by atoms with Crippen LogP contribution in [-0.4, -0.2) is 50.1 Å². The molecule has 0 spiro atoms. The molecule has 1 aliphatic heterocycles. The van der Waals surface area contributed by atoms with Gasteiger partial charge in [-0.15, -0.1) is 0 Å². The molecule has 1 N–H and O–H groups in total. The van der Waals surface area contributed by atoms with E-state index < -0.39 is 16.0 Å². The van der Waals surface area contributed by atoms with Crippen LogP contribution in [0.2, 0.25) is 5.02 Å². The molecule has 1 saturated heterocycles. The molecule has 1 fully saturated rings. The summed E-state index contributed by atoms with van der Waals surface area (Å²) in [5.74, 6) is -0.489. The normalized spacial score (nSPS) is 15.9. The molecule has 0 radical (unpaired) electrons. The van der Waals surface area contributed by atoms with E-state index in [1.54, 1.807) is 18.4 Å². The zero-order valence-corrected chi connectivity index (χ0v) is 15.4. The van der Waals surface area contributed by atoms with E-state index in [1.165, 1.54) is 10.4 Å². The second-order valence-corrected chi connectivity index (χ2v) is 8.15. The van der Waals surface area contributed by atoms with Gasteiger partial charge in [-0.05, 0) is 36.2 Å². The fourth-order valence-corrected chi connectivity index (χ4v) is 4.80. The predicted molar refractivity (Wildman–Crippen MR) is 94.1 cm³/mol. The van der Waals surface area contributed by atoms with Crippen LogP contribution >= 0.6 is 11.6 Å². The third-order valence-corrected chi connectivity index (χ3v) is 6.56. The second-order valence-electron chi connectivity index (χ2n) is 5.84. The number of nitrogens with zero attached hydrogens (tertiary/aromatic N) is 1. The van der Waals surface area contributed by atoms with Crippen molar-refractivity contribution in [1.29, 1.82) is 0 Å². The van der Waals surface area contributed by atoms with Crippen molar-refractivity contribution >= 4 is 27.6 Å². The Hall–Kier alpha value is -1.87. The van der Waals surface area contributed by atoms with Crippen molar-refractivity contribution in [2.24, 2.45) is 0 Å². The number of carboxylic acids is 1. The monoisotopic (exact) mass is 399 g/mol. The minimum atomic E-state index is -3.88. The second kappa shape index (κ2) is 7.79.